The molecule has 1 N–H and O–H groups in total. The number of nitrogens with zero attached hydrogens (tertiary/aromatic N) is 3. The van der Waals surface area contributed by atoms with Crippen LogP contribution in [-0.2, 0) is 11.3 Å². The van der Waals surface area contributed by atoms with Gasteiger partial charge >= 0.3 is 0 Å². The van der Waals surface area contributed by atoms with Gasteiger partial charge in [-0.25, -0.2) is 4.98 Å². The van der Waals surface area contributed by atoms with E-state index in [4.69, 9.17) is 16.3 Å². The lowest BCUT2D eigenvalue weighted by Crippen LogP contribution is -2.36. The van der Waals surface area contributed by atoms with Crippen molar-refractivity contribution in [1.29, 1.82) is 0 Å². The van der Waals surface area contributed by atoms with E-state index >= 15 is 0 Å². The van der Waals surface area contributed by atoms with Gasteiger partial charge in [0.15, 0.2) is 0 Å². The number of fused-ring (bicyclic) bond motifs is 1. The molecule has 0 aliphatic carbocycles. The number of H-pyrrole nitrogens is 1. The van der Waals surface area contributed by atoms with Gasteiger partial charge in [0.25, 0.3) is 5.56 Å². The molecule has 5 rings (SSSR count). The molecule has 0 atom stereocenters. The van der Waals surface area contributed by atoms with Crippen LogP contribution in [0.5, 0.6) is 0 Å². The zero-order valence-electron chi connectivity index (χ0n) is 19.3. The van der Waals surface area contributed by atoms with E-state index in [0.717, 1.165) is 70.3 Å². The van der Waals surface area contributed by atoms with Crippen LogP contribution in [0.1, 0.15) is 25.0 Å². The van der Waals surface area contributed by atoms with Gasteiger partial charge in [0.05, 0.1) is 31.6 Å². The number of benzene rings is 1. The third-order valence-electron chi connectivity index (χ3n) is 5.78. The largest absolute Gasteiger partial charge is 0.378 e. The number of morpholine rings is 1. The van der Waals surface area contributed by atoms with Crippen molar-refractivity contribution in [2.24, 2.45) is 0 Å². The maximum atomic E-state index is 12.8. The topological polar surface area (TPSA) is 63.1 Å². The van der Waals surface area contributed by atoms with Crippen molar-refractivity contribution in [3.8, 4) is 11.1 Å². The van der Waals surface area contributed by atoms with Crippen LogP contribution in [0.25, 0.3) is 22.2 Å². The lowest BCUT2D eigenvalue weighted by atomic mass is 10.1. The Morgan fingerprint density at radius 2 is 1.91 bits per heavy atom. The molecule has 1 aliphatic heterocycles. The van der Waals surface area contributed by atoms with E-state index in [-0.39, 0.29) is 5.56 Å². The van der Waals surface area contributed by atoms with Crippen LogP contribution in [0, 0.1) is 6.92 Å². The van der Waals surface area contributed by atoms with Gasteiger partial charge in [-0.3, -0.25) is 4.79 Å². The van der Waals surface area contributed by atoms with E-state index in [2.05, 4.69) is 20.9 Å². The number of pyridine rings is 2. The Bertz CT molecular complexity index is 1310. The van der Waals surface area contributed by atoms with Crippen LogP contribution in [0.2, 0.25) is 5.02 Å². The number of rotatable bonds is 4. The van der Waals surface area contributed by atoms with E-state index < -0.39 is 0 Å². The second kappa shape index (κ2) is 10.2. The molecule has 0 unspecified atom stereocenters. The molecule has 3 aromatic heterocycles. The molecule has 4 heterocycles. The van der Waals surface area contributed by atoms with E-state index in [9.17, 15) is 4.79 Å². The van der Waals surface area contributed by atoms with Crippen molar-refractivity contribution in [3.63, 3.8) is 0 Å². The summed E-state index contributed by atoms with van der Waals surface area (Å²) >= 11 is 6.12. The highest BCUT2D eigenvalue weighted by molar-refractivity contribution is 6.31. The molecule has 7 heteroatoms. The van der Waals surface area contributed by atoms with Crippen molar-refractivity contribution in [1.82, 2.24) is 14.5 Å². The number of nitrogens with one attached hydrogen (secondary N) is 1. The molecule has 4 aromatic rings. The van der Waals surface area contributed by atoms with E-state index in [1.54, 1.807) is 10.6 Å². The monoisotopic (exact) mass is 464 g/mol. The van der Waals surface area contributed by atoms with Crippen molar-refractivity contribution in [2.75, 3.05) is 31.2 Å². The van der Waals surface area contributed by atoms with E-state index in [1.807, 2.05) is 63.6 Å². The van der Waals surface area contributed by atoms with Gasteiger partial charge in [-0.15, -0.1) is 0 Å². The molecule has 0 saturated carbocycles. The molecular weight excluding hydrogens is 436 g/mol. The Kier molecular flexibility index (Phi) is 7.16. The Balaban J connectivity index is 0.00000126. The highest BCUT2D eigenvalue weighted by Gasteiger charge is 2.15. The fourth-order valence-corrected chi connectivity index (χ4v) is 4.15. The highest BCUT2D eigenvalue weighted by Crippen LogP contribution is 2.30. The molecule has 0 radical (unpaired) electrons. The Hall–Kier alpha value is -3.09. The average molecular weight is 465 g/mol. The summed E-state index contributed by atoms with van der Waals surface area (Å²) in [6.45, 7) is 9.63. The number of anilines is 1. The molecule has 0 amide bonds. The SMILES string of the molecule is CC.Cc1cc(Cn2ccc(-c3c[nH]c4ncc(N5CCOCC5)cc34)cc2=O)ccc1Cl. The van der Waals surface area contributed by atoms with Crippen LogP contribution in [0.15, 0.2) is 59.8 Å². The van der Waals surface area contributed by atoms with Crippen LogP contribution in [0.3, 0.4) is 0 Å². The molecule has 0 spiro atoms. The Morgan fingerprint density at radius 3 is 2.64 bits per heavy atom. The minimum Gasteiger partial charge on any atom is -0.378 e. The van der Waals surface area contributed by atoms with E-state index in [0.29, 0.717) is 6.54 Å². The summed E-state index contributed by atoms with van der Waals surface area (Å²) < 4.78 is 7.16. The van der Waals surface area contributed by atoms with Crippen LogP contribution >= 0.6 is 11.6 Å². The fraction of sp³-hybridized carbons (Fsp3) is 0.308. The van der Waals surface area contributed by atoms with Crippen molar-refractivity contribution < 1.29 is 4.74 Å². The third kappa shape index (κ3) is 4.97. The molecule has 1 fully saturated rings. The smallest absolute Gasteiger partial charge is 0.251 e. The summed E-state index contributed by atoms with van der Waals surface area (Å²) in [5, 5.41) is 1.74. The Labute approximate surface area is 198 Å². The van der Waals surface area contributed by atoms with Gasteiger partial charge in [0, 0.05) is 47.5 Å². The quantitative estimate of drug-likeness (QED) is 0.447. The van der Waals surface area contributed by atoms with Crippen molar-refractivity contribution in [3.05, 3.63) is 81.5 Å². The maximum Gasteiger partial charge on any atom is 0.251 e. The first kappa shape index (κ1) is 23.1. The standard InChI is InChI=1S/C24H23ClN4O2.C2H6/c1-16-10-17(2-3-22(16)25)15-29-5-4-18(11-23(29)30)21-14-27-24-20(21)12-19(13-26-24)28-6-8-31-9-7-28;1-2/h2-5,10-14H,6-9,15H2,1H3,(H,26,27);1-2H3. The number of hydrogen-bond acceptors (Lipinski definition) is 4. The number of hydrogen-bond donors (Lipinski definition) is 1. The number of aryl methyl sites for hydroxylation is 1. The highest BCUT2D eigenvalue weighted by atomic mass is 35.5. The first-order valence-electron chi connectivity index (χ1n) is 11.3. The van der Waals surface area contributed by atoms with Crippen LogP contribution < -0.4 is 10.5 Å². The van der Waals surface area contributed by atoms with Crippen molar-refractivity contribution >= 4 is 28.3 Å². The van der Waals surface area contributed by atoms with Crippen LogP contribution in [0.4, 0.5) is 5.69 Å². The maximum absolute atomic E-state index is 12.8. The summed E-state index contributed by atoms with van der Waals surface area (Å²) in [5.74, 6) is 0. The summed E-state index contributed by atoms with van der Waals surface area (Å²) in [6.07, 6.45) is 5.65. The van der Waals surface area contributed by atoms with Gasteiger partial charge in [0.1, 0.15) is 5.65 Å². The number of ether oxygens (including phenoxy) is 1. The normalized spacial score (nSPS) is 13.6. The molecule has 1 saturated heterocycles. The average Bonchev–Trinajstić information content (AvgIpc) is 3.28. The molecule has 1 aromatic carbocycles. The zero-order chi connectivity index (χ0) is 23.4. The lowest BCUT2D eigenvalue weighted by molar-refractivity contribution is 0.122. The van der Waals surface area contributed by atoms with Gasteiger partial charge in [-0.05, 0) is 41.8 Å². The second-order valence-electron chi connectivity index (χ2n) is 7.86. The zero-order valence-corrected chi connectivity index (χ0v) is 20.0. The third-order valence-corrected chi connectivity index (χ3v) is 6.20. The minimum atomic E-state index is -0.0447. The molecule has 33 heavy (non-hydrogen) atoms. The number of aromatic amines is 1. The molecule has 172 valence electrons. The van der Waals surface area contributed by atoms with Gasteiger partial charge in [-0.2, -0.15) is 0 Å². The molecule has 6 nitrogen and oxygen atoms in total. The first-order chi connectivity index (χ1) is 16.1. The van der Waals surface area contributed by atoms with Crippen molar-refractivity contribution in [2.45, 2.75) is 27.3 Å². The number of halogens is 1. The summed E-state index contributed by atoms with van der Waals surface area (Å²) in [4.78, 5) is 22.9. The van der Waals surface area contributed by atoms with Gasteiger partial charge < -0.3 is 19.2 Å². The predicted molar refractivity (Wildman–Crippen MR) is 135 cm³/mol. The van der Waals surface area contributed by atoms with Gasteiger partial charge in [-0.1, -0.05) is 37.6 Å². The number of aromatic nitrogens is 3. The van der Waals surface area contributed by atoms with Crippen LogP contribution in [-0.4, -0.2) is 40.8 Å². The lowest BCUT2D eigenvalue weighted by Gasteiger charge is -2.28. The minimum absolute atomic E-state index is 0.0447. The van der Waals surface area contributed by atoms with Gasteiger partial charge in [0.2, 0.25) is 0 Å². The predicted octanol–water partition coefficient (Wildman–Crippen LogP) is 5.26. The molecule has 0 bridgehead atoms. The Morgan fingerprint density at radius 1 is 1.12 bits per heavy atom. The second-order valence-corrected chi connectivity index (χ2v) is 8.26. The molecular formula is C26H29ClN4O2. The first-order valence-corrected chi connectivity index (χ1v) is 11.7. The summed E-state index contributed by atoms with van der Waals surface area (Å²) in [7, 11) is 0. The summed E-state index contributed by atoms with van der Waals surface area (Å²) in [6, 6.07) is 11.6. The summed E-state index contributed by atoms with van der Waals surface area (Å²) in [5.41, 5.74) is 5.74. The van der Waals surface area contributed by atoms with E-state index in [1.165, 1.54) is 0 Å². The fourth-order valence-electron chi connectivity index (χ4n) is 4.03. The molecule has 1 aliphatic rings.